The Balaban J connectivity index is 1.64. The number of nitrogen functional groups attached to an aromatic ring is 1. The molecule has 0 saturated heterocycles. The first-order chi connectivity index (χ1) is 9.72. The molecule has 0 saturated carbocycles. The predicted molar refractivity (Wildman–Crippen MR) is 81.8 cm³/mol. The molecule has 0 radical (unpaired) electrons. The SMILES string of the molecule is Nc1ccc(NC(=O)CN2CCc3ccccc32)cc1. The average molecular weight is 267 g/mol. The van der Waals surface area contributed by atoms with Crippen molar-refractivity contribution in [3.63, 3.8) is 0 Å². The lowest BCUT2D eigenvalue weighted by Crippen LogP contribution is -2.31. The number of hydrogen-bond acceptors (Lipinski definition) is 3. The Hall–Kier alpha value is -2.49. The molecule has 0 aliphatic carbocycles. The highest BCUT2D eigenvalue weighted by molar-refractivity contribution is 5.94. The molecule has 0 unspecified atom stereocenters. The molecule has 1 aliphatic rings. The van der Waals surface area contributed by atoms with Gasteiger partial charge in [0.15, 0.2) is 0 Å². The summed E-state index contributed by atoms with van der Waals surface area (Å²) in [5.74, 6) is -0.00789. The molecule has 102 valence electrons. The second kappa shape index (κ2) is 5.25. The van der Waals surface area contributed by atoms with Gasteiger partial charge in [0.25, 0.3) is 0 Å². The van der Waals surface area contributed by atoms with E-state index in [4.69, 9.17) is 5.73 Å². The molecule has 0 atom stereocenters. The van der Waals surface area contributed by atoms with E-state index in [0.717, 1.165) is 18.7 Å². The molecule has 0 spiro atoms. The second-order valence-electron chi connectivity index (χ2n) is 4.97. The molecule has 1 aliphatic heterocycles. The van der Waals surface area contributed by atoms with E-state index >= 15 is 0 Å². The summed E-state index contributed by atoms with van der Waals surface area (Å²) < 4.78 is 0. The van der Waals surface area contributed by atoms with Crippen molar-refractivity contribution in [1.82, 2.24) is 0 Å². The van der Waals surface area contributed by atoms with Gasteiger partial charge in [-0.05, 0) is 42.3 Å². The van der Waals surface area contributed by atoms with Crippen LogP contribution in [0.3, 0.4) is 0 Å². The Morgan fingerprint density at radius 1 is 1.15 bits per heavy atom. The molecule has 0 aromatic heterocycles. The molecule has 3 N–H and O–H groups in total. The number of benzene rings is 2. The normalized spacial score (nSPS) is 13.1. The summed E-state index contributed by atoms with van der Waals surface area (Å²) in [5, 5.41) is 2.89. The number of nitrogens with zero attached hydrogens (tertiary/aromatic N) is 1. The van der Waals surface area contributed by atoms with Crippen LogP contribution in [0, 0.1) is 0 Å². The van der Waals surface area contributed by atoms with Gasteiger partial charge in [0, 0.05) is 23.6 Å². The topological polar surface area (TPSA) is 58.4 Å². The van der Waals surface area contributed by atoms with Crippen LogP contribution in [0.2, 0.25) is 0 Å². The van der Waals surface area contributed by atoms with E-state index in [9.17, 15) is 4.79 Å². The van der Waals surface area contributed by atoms with Crippen molar-refractivity contribution >= 4 is 23.0 Å². The van der Waals surface area contributed by atoms with Gasteiger partial charge in [-0.3, -0.25) is 4.79 Å². The quantitative estimate of drug-likeness (QED) is 0.839. The van der Waals surface area contributed by atoms with Gasteiger partial charge in [0.05, 0.1) is 6.54 Å². The number of nitrogens with one attached hydrogen (secondary N) is 1. The highest BCUT2D eigenvalue weighted by Gasteiger charge is 2.20. The van der Waals surface area contributed by atoms with Gasteiger partial charge in [-0.15, -0.1) is 0 Å². The number of carbonyl (C=O) groups is 1. The summed E-state index contributed by atoms with van der Waals surface area (Å²) in [6.45, 7) is 1.27. The first kappa shape index (κ1) is 12.5. The van der Waals surface area contributed by atoms with Crippen molar-refractivity contribution in [1.29, 1.82) is 0 Å². The first-order valence-corrected chi connectivity index (χ1v) is 6.70. The van der Waals surface area contributed by atoms with Crippen LogP contribution >= 0.6 is 0 Å². The zero-order valence-electron chi connectivity index (χ0n) is 11.2. The summed E-state index contributed by atoms with van der Waals surface area (Å²) >= 11 is 0. The summed E-state index contributed by atoms with van der Waals surface area (Å²) in [7, 11) is 0. The molecule has 20 heavy (non-hydrogen) atoms. The third kappa shape index (κ3) is 2.59. The van der Waals surface area contributed by atoms with Crippen molar-refractivity contribution in [2.24, 2.45) is 0 Å². The Labute approximate surface area is 118 Å². The lowest BCUT2D eigenvalue weighted by Gasteiger charge is -2.18. The monoisotopic (exact) mass is 267 g/mol. The molecule has 4 heteroatoms. The van der Waals surface area contributed by atoms with E-state index in [1.165, 1.54) is 11.3 Å². The van der Waals surface area contributed by atoms with Crippen molar-refractivity contribution in [2.45, 2.75) is 6.42 Å². The maximum Gasteiger partial charge on any atom is 0.243 e. The van der Waals surface area contributed by atoms with Gasteiger partial charge in [0.2, 0.25) is 5.91 Å². The largest absolute Gasteiger partial charge is 0.399 e. The Bertz CT molecular complexity index is 622. The Morgan fingerprint density at radius 3 is 2.70 bits per heavy atom. The molecular weight excluding hydrogens is 250 g/mol. The zero-order valence-corrected chi connectivity index (χ0v) is 11.2. The molecule has 2 aromatic carbocycles. The fourth-order valence-electron chi connectivity index (χ4n) is 2.51. The van der Waals surface area contributed by atoms with Gasteiger partial charge in [0.1, 0.15) is 0 Å². The Morgan fingerprint density at radius 2 is 1.90 bits per heavy atom. The van der Waals surface area contributed by atoms with E-state index < -0.39 is 0 Å². The van der Waals surface area contributed by atoms with E-state index in [0.29, 0.717) is 12.2 Å². The number of rotatable bonds is 3. The average Bonchev–Trinajstić information content (AvgIpc) is 2.85. The number of carbonyl (C=O) groups excluding carboxylic acids is 1. The lowest BCUT2D eigenvalue weighted by molar-refractivity contribution is -0.115. The van der Waals surface area contributed by atoms with Gasteiger partial charge >= 0.3 is 0 Å². The van der Waals surface area contributed by atoms with Crippen LogP contribution in [0.25, 0.3) is 0 Å². The first-order valence-electron chi connectivity index (χ1n) is 6.70. The molecule has 3 rings (SSSR count). The van der Waals surface area contributed by atoms with Gasteiger partial charge in [-0.25, -0.2) is 0 Å². The van der Waals surface area contributed by atoms with Gasteiger partial charge in [-0.1, -0.05) is 18.2 Å². The van der Waals surface area contributed by atoms with Gasteiger partial charge < -0.3 is 16.0 Å². The van der Waals surface area contributed by atoms with Crippen molar-refractivity contribution in [3.8, 4) is 0 Å². The minimum Gasteiger partial charge on any atom is -0.399 e. The van der Waals surface area contributed by atoms with Crippen LogP contribution < -0.4 is 16.0 Å². The Kier molecular flexibility index (Phi) is 3.29. The van der Waals surface area contributed by atoms with E-state index in [1.807, 2.05) is 24.3 Å². The van der Waals surface area contributed by atoms with Crippen LogP contribution in [-0.2, 0) is 11.2 Å². The maximum atomic E-state index is 12.1. The zero-order chi connectivity index (χ0) is 13.9. The van der Waals surface area contributed by atoms with Gasteiger partial charge in [-0.2, -0.15) is 0 Å². The van der Waals surface area contributed by atoms with Crippen LogP contribution in [0.1, 0.15) is 5.56 Å². The molecule has 0 fully saturated rings. The molecule has 2 aromatic rings. The lowest BCUT2D eigenvalue weighted by atomic mass is 10.2. The minimum atomic E-state index is -0.00789. The van der Waals surface area contributed by atoms with E-state index in [-0.39, 0.29) is 5.91 Å². The summed E-state index contributed by atoms with van der Waals surface area (Å²) in [6.07, 6.45) is 1.01. The molecular formula is C16H17N3O. The molecule has 4 nitrogen and oxygen atoms in total. The smallest absolute Gasteiger partial charge is 0.243 e. The van der Waals surface area contributed by atoms with Crippen molar-refractivity contribution in [3.05, 3.63) is 54.1 Å². The fraction of sp³-hybridized carbons (Fsp3) is 0.188. The van der Waals surface area contributed by atoms with E-state index in [1.54, 1.807) is 12.1 Å². The number of fused-ring (bicyclic) bond motifs is 1. The van der Waals surface area contributed by atoms with Crippen molar-refractivity contribution in [2.75, 3.05) is 29.0 Å². The third-order valence-electron chi connectivity index (χ3n) is 3.51. The maximum absolute atomic E-state index is 12.1. The van der Waals surface area contributed by atoms with E-state index in [2.05, 4.69) is 22.3 Å². The van der Waals surface area contributed by atoms with Crippen LogP contribution in [-0.4, -0.2) is 19.0 Å². The molecule has 1 heterocycles. The standard InChI is InChI=1S/C16H17N3O/c17-13-5-7-14(8-6-13)18-16(20)11-19-10-9-12-3-1-2-4-15(12)19/h1-8H,9-11,17H2,(H,18,20). The van der Waals surface area contributed by atoms with Crippen LogP contribution in [0.15, 0.2) is 48.5 Å². The fourth-order valence-corrected chi connectivity index (χ4v) is 2.51. The second-order valence-corrected chi connectivity index (χ2v) is 4.97. The van der Waals surface area contributed by atoms with Crippen LogP contribution in [0.4, 0.5) is 17.1 Å². The number of hydrogen-bond donors (Lipinski definition) is 2. The third-order valence-corrected chi connectivity index (χ3v) is 3.51. The summed E-state index contributed by atoms with van der Waals surface area (Å²) in [6, 6.07) is 15.4. The number of nitrogens with two attached hydrogens (primary N) is 1. The highest BCUT2D eigenvalue weighted by Crippen LogP contribution is 2.26. The predicted octanol–water partition coefficient (Wildman–Crippen LogP) is 2.27. The molecule has 0 bridgehead atoms. The number of amides is 1. The minimum absolute atomic E-state index is 0.00789. The summed E-state index contributed by atoms with van der Waals surface area (Å²) in [5.41, 5.74) is 9.57. The molecule has 1 amide bonds. The van der Waals surface area contributed by atoms with Crippen molar-refractivity contribution < 1.29 is 4.79 Å². The summed E-state index contributed by atoms with van der Waals surface area (Å²) in [4.78, 5) is 14.2. The van der Waals surface area contributed by atoms with Crippen LogP contribution in [0.5, 0.6) is 0 Å². The number of para-hydroxylation sites is 1. The number of anilines is 3. The highest BCUT2D eigenvalue weighted by atomic mass is 16.2.